The summed E-state index contributed by atoms with van der Waals surface area (Å²) < 4.78 is 5.31. The number of likely N-dealkylation sites (tertiary alicyclic amines) is 1. The second-order valence-corrected chi connectivity index (χ2v) is 8.42. The highest BCUT2D eigenvalue weighted by Gasteiger charge is 2.51. The van der Waals surface area contributed by atoms with Gasteiger partial charge in [0.25, 0.3) is 0 Å². The molecular weight excluding hydrogens is 288 g/mol. The molecule has 0 aromatic rings. The minimum Gasteiger partial charge on any atom is -0.385 e. The Morgan fingerprint density at radius 3 is 2.74 bits per heavy atom. The molecule has 0 aromatic carbocycles. The Morgan fingerprint density at radius 1 is 1.13 bits per heavy atom. The Kier molecular flexibility index (Phi) is 4.39. The highest BCUT2D eigenvalue weighted by molar-refractivity contribution is 5.83. The molecule has 4 nitrogen and oxygen atoms in total. The van der Waals surface area contributed by atoms with E-state index in [1.54, 1.807) is 7.11 Å². The lowest BCUT2D eigenvalue weighted by atomic mass is 9.81. The molecule has 3 atom stereocenters. The van der Waals surface area contributed by atoms with Gasteiger partial charge in [0.15, 0.2) is 0 Å². The van der Waals surface area contributed by atoms with Crippen LogP contribution in [0.3, 0.4) is 0 Å². The molecule has 0 N–H and O–H groups in total. The molecule has 0 bridgehead atoms. The number of fused-ring (bicyclic) bond motifs is 3. The van der Waals surface area contributed by atoms with Crippen molar-refractivity contribution in [1.29, 1.82) is 0 Å². The van der Waals surface area contributed by atoms with Crippen LogP contribution in [0.1, 0.15) is 51.4 Å². The molecule has 0 spiro atoms. The second kappa shape index (κ2) is 6.36. The minimum absolute atomic E-state index is 0.0963. The summed E-state index contributed by atoms with van der Waals surface area (Å²) in [7, 11) is 1.75. The van der Waals surface area contributed by atoms with Crippen molar-refractivity contribution in [3.8, 4) is 0 Å². The van der Waals surface area contributed by atoms with Gasteiger partial charge in [0, 0.05) is 39.4 Å². The fourth-order valence-corrected chi connectivity index (χ4v) is 5.98. The molecule has 3 heterocycles. The molecule has 23 heavy (non-hydrogen) atoms. The van der Waals surface area contributed by atoms with Crippen LogP contribution in [-0.4, -0.2) is 61.6 Å². The molecule has 3 unspecified atom stereocenters. The van der Waals surface area contributed by atoms with Gasteiger partial charge in [-0.2, -0.15) is 0 Å². The smallest absolute Gasteiger partial charge is 0.228 e. The summed E-state index contributed by atoms with van der Waals surface area (Å²) in [6.07, 6.45) is 9.63. The summed E-state index contributed by atoms with van der Waals surface area (Å²) in [6, 6.07) is 0.769. The molecule has 1 aliphatic carbocycles. The van der Waals surface area contributed by atoms with E-state index in [1.165, 1.54) is 45.2 Å². The highest BCUT2D eigenvalue weighted by Crippen LogP contribution is 2.46. The lowest BCUT2D eigenvalue weighted by Crippen LogP contribution is -2.45. The highest BCUT2D eigenvalue weighted by atomic mass is 16.5. The summed E-state index contributed by atoms with van der Waals surface area (Å²) in [5.41, 5.74) is -0.0963. The normalized spacial score (nSPS) is 36.2. The van der Waals surface area contributed by atoms with Gasteiger partial charge in [0.05, 0.1) is 5.41 Å². The molecule has 3 saturated heterocycles. The van der Waals surface area contributed by atoms with Crippen LogP contribution in [0.15, 0.2) is 0 Å². The van der Waals surface area contributed by atoms with Crippen LogP contribution < -0.4 is 0 Å². The monoisotopic (exact) mass is 320 g/mol. The molecule has 4 heteroatoms. The number of rotatable bonds is 4. The van der Waals surface area contributed by atoms with Gasteiger partial charge in [-0.15, -0.1) is 0 Å². The third-order valence-electron chi connectivity index (χ3n) is 7.21. The number of hydrogen-bond donors (Lipinski definition) is 0. The lowest BCUT2D eigenvalue weighted by molar-refractivity contribution is -0.142. The SMILES string of the molecule is COCCC1(C(=O)N2CC3CN4CCCCC4C3C2)CCCC1. The second-order valence-electron chi connectivity index (χ2n) is 8.42. The zero-order valence-electron chi connectivity index (χ0n) is 14.6. The Bertz CT molecular complexity index is 447. The van der Waals surface area contributed by atoms with Crippen LogP contribution in [0.25, 0.3) is 0 Å². The van der Waals surface area contributed by atoms with Gasteiger partial charge in [-0.1, -0.05) is 19.3 Å². The van der Waals surface area contributed by atoms with E-state index >= 15 is 0 Å². The number of nitrogens with zero attached hydrogens (tertiary/aromatic N) is 2. The molecule has 4 rings (SSSR count). The van der Waals surface area contributed by atoms with Gasteiger partial charge in [0.2, 0.25) is 5.91 Å². The first kappa shape index (κ1) is 15.9. The Labute approximate surface area is 140 Å². The van der Waals surface area contributed by atoms with Crippen molar-refractivity contribution >= 4 is 5.91 Å². The third kappa shape index (κ3) is 2.72. The van der Waals surface area contributed by atoms with Crippen LogP contribution in [0, 0.1) is 17.3 Å². The fourth-order valence-electron chi connectivity index (χ4n) is 5.98. The average molecular weight is 320 g/mol. The van der Waals surface area contributed by atoms with Gasteiger partial charge in [-0.05, 0) is 50.5 Å². The van der Waals surface area contributed by atoms with E-state index in [1.807, 2.05) is 0 Å². The van der Waals surface area contributed by atoms with E-state index in [2.05, 4.69) is 9.80 Å². The van der Waals surface area contributed by atoms with Crippen molar-refractivity contribution in [3.05, 3.63) is 0 Å². The number of amides is 1. The minimum atomic E-state index is -0.0963. The summed E-state index contributed by atoms with van der Waals surface area (Å²) >= 11 is 0. The first-order valence-corrected chi connectivity index (χ1v) is 9.76. The number of piperidine rings is 1. The van der Waals surface area contributed by atoms with Gasteiger partial charge in [0.1, 0.15) is 0 Å². The number of carbonyl (C=O) groups excluding carboxylic acids is 1. The first-order chi connectivity index (χ1) is 11.2. The number of hydrogen-bond acceptors (Lipinski definition) is 3. The van der Waals surface area contributed by atoms with E-state index in [0.29, 0.717) is 5.91 Å². The molecule has 4 fully saturated rings. The summed E-state index contributed by atoms with van der Waals surface area (Å²) in [5.74, 6) is 1.95. The van der Waals surface area contributed by atoms with Gasteiger partial charge in [-0.3, -0.25) is 9.69 Å². The fraction of sp³-hybridized carbons (Fsp3) is 0.947. The maximum absolute atomic E-state index is 13.3. The van der Waals surface area contributed by atoms with Crippen LogP contribution in [-0.2, 0) is 9.53 Å². The van der Waals surface area contributed by atoms with E-state index in [0.717, 1.165) is 56.8 Å². The number of ether oxygens (including phenoxy) is 1. The topological polar surface area (TPSA) is 32.8 Å². The van der Waals surface area contributed by atoms with Crippen molar-refractivity contribution < 1.29 is 9.53 Å². The summed E-state index contributed by atoms with van der Waals surface area (Å²) in [6.45, 7) is 5.31. The molecule has 1 saturated carbocycles. The van der Waals surface area contributed by atoms with Crippen LogP contribution >= 0.6 is 0 Å². The van der Waals surface area contributed by atoms with Crippen molar-refractivity contribution in [2.24, 2.45) is 17.3 Å². The van der Waals surface area contributed by atoms with Crippen LogP contribution in [0.5, 0.6) is 0 Å². The van der Waals surface area contributed by atoms with Crippen LogP contribution in [0.4, 0.5) is 0 Å². The first-order valence-electron chi connectivity index (χ1n) is 9.76. The predicted octanol–water partition coefficient (Wildman–Crippen LogP) is 2.53. The molecule has 3 aliphatic heterocycles. The van der Waals surface area contributed by atoms with Crippen molar-refractivity contribution in [3.63, 3.8) is 0 Å². The van der Waals surface area contributed by atoms with Crippen molar-refractivity contribution in [1.82, 2.24) is 9.80 Å². The third-order valence-corrected chi connectivity index (χ3v) is 7.21. The Balaban J connectivity index is 1.44. The molecule has 1 amide bonds. The summed E-state index contributed by atoms with van der Waals surface area (Å²) in [4.78, 5) is 18.3. The van der Waals surface area contributed by atoms with Crippen LogP contribution in [0.2, 0.25) is 0 Å². The maximum Gasteiger partial charge on any atom is 0.228 e. The standard InChI is InChI=1S/C19H32N2O2/c1-23-11-9-19(7-3-4-8-19)18(22)21-13-15-12-20-10-5-2-6-17(20)16(15)14-21/h15-17H,2-14H2,1H3. The van der Waals surface area contributed by atoms with Gasteiger partial charge < -0.3 is 9.64 Å². The number of carbonyl (C=O) groups is 1. The Morgan fingerprint density at radius 2 is 1.96 bits per heavy atom. The molecule has 0 radical (unpaired) electrons. The zero-order valence-corrected chi connectivity index (χ0v) is 14.6. The van der Waals surface area contributed by atoms with E-state index in [4.69, 9.17) is 4.74 Å². The van der Waals surface area contributed by atoms with E-state index in [-0.39, 0.29) is 5.41 Å². The molecule has 0 aromatic heterocycles. The lowest BCUT2D eigenvalue weighted by Gasteiger charge is -2.36. The summed E-state index contributed by atoms with van der Waals surface area (Å²) in [5, 5.41) is 0. The maximum atomic E-state index is 13.3. The average Bonchev–Trinajstić information content (AvgIpc) is 3.27. The molecular formula is C19H32N2O2. The van der Waals surface area contributed by atoms with Crippen molar-refractivity contribution in [2.75, 3.05) is 39.9 Å². The van der Waals surface area contributed by atoms with Gasteiger partial charge >= 0.3 is 0 Å². The van der Waals surface area contributed by atoms with E-state index in [9.17, 15) is 4.79 Å². The Hall–Kier alpha value is -0.610. The predicted molar refractivity (Wildman–Crippen MR) is 90.2 cm³/mol. The molecule has 130 valence electrons. The molecule has 4 aliphatic rings. The van der Waals surface area contributed by atoms with Crippen molar-refractivity contribution in [2.45, 2.75) is 57.4 Å². The number of methoxy groups -OCH3 is 1. The zero-order chi connectivity index (χ0) is 15.9. The van der Waals surface area contributed by atoms with Gasteiger partial charge in [-0.25, -0.2) is 0 Å². The largest absolute Gasteiger partial charge is 0.385 e. The quantitative estimate of drug-likeness (QED) is 0.798. The van der Waals surface area contributed by atoms with E-state index < -0.39 is 0 Å².